The fraction of sp³-hybridized carbons (Fsp3) is 0.615. The normalized spacial score (nSPS) is 26.0. The molecule has 2 fully saturated rings. The summed E-state index contributed by atoms with van der Waals surface area (Å²) in [5.41, 5.74) is 0.932. The van der Waals surface area contributed by atoms with Crippen molar-refractivity contribution >= 4 is 23.5 Å². The summed E-state index contributed by atoms with van der Waals surface area (Å²) in [6.07, 6.45) is 6.49. The zero-order valence-corrected chi connectivity index (χ0v) is 21.3. The monoisotopic (exact) mass is 504 g/mol. The summed E-state index contributed by atoms with van der Waals surface area (Å²) in [5, 5.41) is 22.9. The molecule has 5 atom stereocenters. The van der Waals surface area contributed by atoms with Gasteiger partial charge in [-0.2, -0.15) is 0 Å². The van der Waals surface area contributed by atoms with Crippen molar-refractivity contribution in [3.63, 3.8) is 0 Å². The number of carbonyl (C=O) groups is 2. The first-order valence-corrected chi connectivity index (χ1v) is 13.7. The number of nitrogens with one attached hydrogen (secondary N) is 3. The summed E-state index contributed by atoms with van der Waals surface area (Å²) in [5.74, 6) is -0.397. The van der Waals surface area contributed by atoms with Crippen molar-refractivity contribution in [3.8, 4) is 0 Å². The number of benzene rings is 1. The number of likely N-dealkylation sites (N-methyl/N-ethyl adjacent to an activating group) is 1. The van der Waals surface area contributed by atoms with Gasteiger partial charge in [-0.3, -0.25) is 14.5 Å². The molecule has 0 spiro atoms. The van der Waals surface area contributed by atoms with Crippen molar-refractivity contribution < 1.29 is 19.1 Å². The maximum Gasteiger partial charge on any atom is 0.237 e. The molecule has 0 aromatic heterocycles. The van der Waals surface area contributed by atoms with Gasteiger partial charge >= 0.3 is 0 Å². The zero-order valence-electron chi connectivity index (χ0n) is 20.5. The van der Waals surface area contributed by atoms with Crippen molar-refractivity contribution in [3.05, 3.63) is 46.8 Å². The average Bonchev–Trinajstić information content (AvgIpc) is 3.56. The third kappa shape index (κ3) is 6.07. The Balaban J connectivity index is 1.44. The van der Waals surface area contributed by atoms with Crippen LogP contribution in [0.5, 0.6) is 0 Å². The number of amides is 1. The Bertz CT molecular complexity index is 922. The van der Waals surface area contributed by atoms with Gasteiger partial charge in [0.05, 0.1) is 23.2 Å². The van der Waals surface area contributed by atoms with E-state index in [1.54, 1.807) is 18.8 Å². The highest BCUT2D eigenvalue weighted by atomic mass is 32.2. The van der Waals surface area contributed by atoms with Crippen LogP contribution in [-0.2, 0) is 4.79 Å². The van der Waals surface area contributed by atoms with Crippen LogP contribution in [0.25, 0.3) is 0 Å². The number of allylic oxidation sites excluding steroid dienone is 1. The number of likely N-dealkylation sites (tertiary alicyclic amines) is 1. The molecule has 1 saturated heterocycles. The summed E-state index contributed by atoms with van der Waals surface area (Å²) in [4.78, 5) is 27.8. The van der Waals surface area contributed by atoms with Gasteiger partial charge in [0.2, 0.25) is 11.7 Å². The number of nitrogens with zero attached hydrogens (tertiary/aromatic N) is 1. The van der Waals surface area contributed by atoms with E-state index in [1.807, 2.05) is 12.3 Å². The lowest BCUT2D eigenvalue weighted by atomic mass is 9.82. The minimum Gasteiger partial charge on any atom is -0.376 e. The van der Waals surface area contributed by atoms with E-state index in [4.69, 9.17) is 0 Å². The summed E-state index contributed by atoms with van der Waals surface area (Å²) < 4.78 is 13.3. The van der Waals surface area contributed by atoms with Gasteiger partial charge in [0.25, 0.3) is 0 Å². The first-order valence-electron chi connectivity index (χ1n) is 12.7. The maximum atomic E-state index is 13.3. The summed E-state index contributed by atoms with van der Waals surface area (Å²) in [6.45, 7) is 2.56. The highest BCUT2D eigenvalue weighted by Crippen LogP contribution is 2.36. The van der Waals surface area contributed by atoms with E-state index in [1.165, 1.54) is 30.7 Å². The number of aliphatic hydroxyl groups is 1. The minimum atomic E-state index is -0.794. The molecule has 35 heavy (non-hydrogen) atoms. The first-order chi connectivity index (χ1) is 16.9. The maximum absolute atomic E-state index is 13.3. The van der Waals surface area contributed by atoms with E-state index in [0.717, 1.165) is 45.1 Å². The summed E-state index contributed by atoms with van der Waals surface area (Å²) >= 11 is 1.55. The fourth-order valence-electron chi connectivity index (χ4n) is 5.45. The number of carbonyl (C=O) groups excluding carboxylic acids is 2. The van der Waals surface area contributed by atoms with Gasteiger partial charge < -0.3 is 21.1 Å². The van der Waals surface area contributed by atoms with Gasteiger partial charge in [0, 0.05) is 23.6 Å². The Labute approximate surface area is 211 Å². The standard InChI is InChI=1S/C26H37FN4O3S/c1-16(28-2)24(33)30-22(17-7-4-3-5-8-17)26(34)31-14-6-9-21(31)25-29-20(15-35-25)23(32)18-10-12-19(27)13-11-18/h10-13,15-17,21-22,25-26,28-29,34H,3-9,14H2,1-2H3,(H,30,33)/t16-,21?,22-,25?,26?/m0/s1. The number of hydrogen-bond acceptors (Lipinski definition) is 7. The Morgan fingerprint density at radius 2 is 1.86 bits per heavy atom. The van der Waals surface area contributed by atoms with E-state index in [-0.39, 0.29) is 46.9 Å². The highest BCUT2D eigenvalue weighted by molar-refractivity contribution is 8.03. The molecule has 4 rings (SSSR count). The number of thioether (sulfide) groups is 1. The molecule has 0 bridgehead atoms. The van der Waals surface area contributed by atoms with E-state index in [2.05, 4.69) is 20.9 Å². The largest absolute Gasteiger partial charge is 0.376 e. The van der Waals surface area contributed by atoms with E-state index in [9.17, 15) is 19.1 Å². The molecule has 1 amide bonds. The lowest BCUT2D eigenvalue weighted by Crippen LogP contribution is -2.60. The number of Topliss-reactive ketones (excluding diaryl/α,β-unsaturated/α-hetero) is 1. The van der Waals surface area contributed by atoms with E-state index < -0.39 is 6.23 Å². The summed E-state index contributed by atoms with van der Waals surface area (Å²) in [6, 6.07) is 4.92. The lowest BCUT2D eigenvalue weighted by Gasteiger charge is -2.41. The third-order valence-corrected chi connectivity index (χ3v) is 8.72. The third-order valence-electron chi connectivity index (χ3n) is 7.63. The van der Waals surface area contributed by atoms with Crippen LogP contribution in [0.15, 0.2) is 35.4 Å². The van der Waals surface area contributed by atoms with Crippen LogP contribution in [0.4, 0.5) is 4.39 Å². The smallest absolute Gasteiger partial charge is 0.237 e. The van der Waals surface area contributed by atoms with Crippen LogP contribution < -0.4 is 16.0 Å². The van der Waals surface area contributed by atoms with Crippen molar-refractivity contribution in [1.29, 1.82) is 0 Å². The van der Waals surface area contributed by atoms with Gasteiger partial charge in [-0.25, -0.2) is 4.39 Å². The molecule has 1 aliphatic carbocycles. The molecule has 1 saturated carbocycles. The second-order valence-corrected chi connectivity index (χ2v) is 10.9. The van der Waals surface area contributed by atoms with Crippen molar-refractivity contribution in [2.75, 3.05) is 13.6 Å². The van der Waals surface area contributed by atoms with Gasteiger partial charge in [-0.15, -0.1) is 11.8 Å². The molecule has 0 radical (unpaired) electrons. The predicted molar refractivity (Wildman–Crippen MR) is 136 cm³/mol. The molecule has 192 valence electrons. The molecular weight excluding hydrogens is 467 g/mol. The number of aliphatic hydroxyl groups excluding tert-OH is 1. The van der Waals surface area contributed by atoms with Crippen LogP contribution in [0, 0.1) is 11.7 Å². The van der Waals surface area contributed by atoms with Gasteiger partial charge in [-0.1, -0.05) is 19.3 Å². The number of halogens is 1. The van der Waals surface area contributed by atoms with Gasteiger partial charge in [0.1, 0.15) is 12.0 Å². The second-order valence-electron chi connectivity index (χ2n) is 9.87. The lowest BCUT2D eigenvalue weighted by molar-refractivity contribution is -0.127. The zero-order chi connectivity index (χ0) is 24.9. The Morgan fingerprint density at radius 3 is 2.54 bits per heavy atom. The molecular formula is C26H37FN4O3S. The van der Waals surface area contributed by atoms with Crippen LogP contribution in [-0.4, -0.2) is 65.0 Å². The van der Waals surface area contributed by atoms with E-state index >= 15 is 0 Å². The van der Waals surface area contributed by atoms with Gasteiger partial charge in [0.15, 0.2) is 0 Å². The quantitative estimate of drug-likeness (QED) is 0.384. The number of hydrogen-bond donors (Lipinski definition) is 4. The topological polar surface area (TPSA) is 93.7 Å². The fourth-order valence-corrected chi connectivity index (χ4v) is 6.58. The van der Waals surface area contributed by atoms with Crippen molar-refractivity contribution in [2.24, 2.45) is 5.92 Å². The molecule has 2 aliphatic heterocycles. The SMILES string of the molecule is CN[C@@H](C)C(=O)N[C@@H](C1CCCCC1)C(O)N1CCCC1C1NC(C(=O)c2ccc(F)cc2)=CS1. The molecule has 3 aliphatic rings. The highest BCUT2D eigenvalue weighted by Gasteiger charge is 2.43. The Hall–Kier alpha value is -1.94. The van der Waals surface area contributed by atoms with Crippen LogP contribution in [0.1, 0.15) is 62.2 Å². The van der Waals surface area contributed by atoms with Gasteiger partial charge in [-0.05, 0) is 69.8 Å². The molecule has 1 aromatic carbocycles. The molecule has 7 nitrogen and oxygen atoms in total. The Kier molecular flexibility index (Phi) is 8.86. The van der Waals surface area contributed by atoms with E-state index in [0.29, 0.717) is 11.3 Å². The molecule has 9 heteroatoms. The van der Waals surface area contributed by atoms with Crippen LogP contribution >= 0.6 is 11.8 Å². The van der Waals surface area contributed by atoms with Crippen LogP contribution in [0.2, 0.25) is 0 Å². The second kappa shape index (κ2) is 11.9. The Morgan fingerprint density at radius 1 is 1.14 bits per heavy atom. The predicted octanol–water partition coefficient (Wildman–Crippen LogP) is 2.97. The summed E-state index contributed by atoms with van der Waals surface area (Å²) in [7, 11) is 1.76. The minimum absolute atomic E-state index is 0.0227. The molecule has 1 aromatic rings. The molecule has 4 N–H and O–H groups in total. The molecule has 2 heterocycles. The number of rotatable bonds is 9. The molecule has 3 unspecified atom stereocenters. The first kappa shape index (κ1) is 26.1. The van der Waals surface area contributed by atoms with Crippen molar-refractivity contribution in [1.82, 2.24) is 20.9 Å². The van der Waals surface area contributed by atoms with Crippen LogP contribution in [0.3, 0.4) is 0 Å². The average molecular weight is 505 g/mol. The number of ketones is 1. The van der Waals surface area contributed by atoms with Crippen molar-refractivity contribution in [2.45, 2.75) is 81.6 Å².